The van der Waals surface area contributed by atoms with Crippen molar-refractivity contribution < 1.29 is 0 Å². The number of unbranched alkanes of at least 4 members (excludes halogenated alkanes) is 2. The van der Waals surface area contributed by atoms with Crippen molar-refractivity contribution in [2.75, 3.05) is 0 Å². The van der Waals surface area contributed by atoms with Crippen LogP contribution in [0.25, 0.3) is 0 Å². The molecule has 0 bridgehead atoms. The predicted octanol–water partition coefficient (Wildman–Crippen LogP) is 2.54. The van der Waals surface area contributed by atoms with E-state index < -0.39 is 0 Å². The molecule has 0 spiro atoms. The van der Waals surface area contributed by atoms with Gasteiger partial charge in [-0.2, -0.15) is 0 Å². The van der Waals surface area contributed by atoms with Crippen LogP contribution in [0.5, 0.6) is 0 Å². The Morgan fingerprint density at radius 3 is 2.86 bits per heavy atom. The molecule has 1 rings (SSSR count). The Morgan fingerprint density at radius 1 is 1.57 bits per heavy atom. The number of hydrogen-bond acceptors (Lipinski definition) is 4. The zero-order valence-electron chi connectivity index (χ0n) is 8.92. The molecule has 0 aromatic carbocycles. The average Bonchev–Trinajstić information content (AvgIpc) is 2.60. The number of hydrazine groups is 1. The summed E-state index contributed by atoms with van der Waals surface area (Å²) in [6.07, 6.45) is 4.85. The molecule has 1 aromatic rings. The molecule has 1 aromatic heterocycles. The highest BCUT2D eigenvalue weighted by Crippen LogP contribution is 2.25. The summed E-state index contributed by atoms with van der Waals surface area (Å²) in [5.74, 6) is 5.54. The first-order valence-corrected chi connectivity index (χ1v) is 6.03. The highest BCUT2D eigenvalue weighted by Gasteiger charge is 2.13. The van der Waals surface area contributed by atoms with Crippen LogP contribution in [0.2, 0.25) is 0 Å². The van der Waals surface area contributed by atoms with Gasteiger partial charge >= 0.3 is 0 Å². The fraction of sp³-hybridized carbons (Fsp3) is 0.700. The number of nitrogens with two attached hydrogens (primary N) is 1. The maximum Gasteiger partial charge on any atom is 0.0798 e. The first-order chi connectivity index (χ1) is 6.79. The van der Waals surface area contributed by atoms with Gasteiger partial charge in [0.1, 0.15) is 0 Å². The molecule has 1 atom stereocenters. The molecule has 3 nitrogen and oxygen atoms in total. The Bertz CT molecular complexity index is 260. The first-order valence-electron chi connectivity index (χ1n) is 5.15. The molecule has 0 fully saturated rings. The van der Waals surface area contributed by atoms with E-state index in [2.05, 4.69) is 17.3 Å². The molecule has 1 heterocycles. The molecule has 80 valence electrons. The van der Waals surface area contributed by atoms with E-state index in [0.717, 1.165) is 12.1 Å². The summed E-state index contributed by atoms with van der Waals surface area (Å²) >= 11 is 1.69. The monoisotopic (exact) mass is 213 g/mol. The molecule has 0 saturated heterocycles. The first kappa shape index (κ1) is 11.6. The van der Waals surface area contributed by atoms with Gasteiger partial charge in [-0.15, -0.1) is 11.3 Å². The molecular formula is C10H19N3S. The summed E-state index contributed by atoms with van der Waals surface area (Å²) in [7, 11) is 0. The number of aromatic nitrogens is 1. The average molecular weight is 213 g/mol. The van der Waals surface area contributed by atoms with E-state index in [4.69, 9.17) is 5.84 Å². The summed E-state index contributed by atoms with van der Waals surface area (Å²) in [5, 5.41) is 0. The molecule has 0 radical (unpaired) electrons. The van der Waals surface area contributed by atoms with Crippen LogP contribution in [0, 0.1) is 6.92 Å². The third kappa shape index (κ3) is 3.04. The van der Waals surface area contributed by atoms with E-state index in [0.29, 0.717) is 0 Å². The number of thiazole rings is 1. The Labute approximate surface area is 89.7 Å². The smallest absolute Gasteiger partial charge is 0.0798 e. The molecule has 3 N–H and O–H groups in total. The predicted molar refractivity (Wildman–Crippen MR) is 61.1 cm³/mol. The summed E-state index contributed by atoms with van der Waals surface area (Å²) in [5.41, 5.74) is 5.86. The third-order valence-electron chi connectivity index (χ3n) is 2.40. The number of aryl methyl sites for hydroxylation is 1. The fourth-order valence-corrected chi connectivity index (χ4v) is 2.43. The minimum Gasteiger partial charge on any atom is -0.271 e. The summed E-state index contributed by atoms with van der Waals surface area (Å²) < 4.78 is 0. The van der Waals surface area contributed by atoms with Gasteiger partial charge in [-0.1, -0.05) is 26.2 Å². The number of rotatable bonds is 6. The van der Waals surface area contributed by atoms with E-state index in [1.165, 1.54) is 24.1 Å². The molecule has 0 aliphatic heterocycles. The van der Waals surface area contributed by atoms with Crippen LogP contribution >= 0.6 is 11.3 Å². The standard InChI is InChI=1S/C10H19N3S/c1-3-4-5-6-9(13-11)10-8(2)12-7-14-10/h7,9,13H,3-6,11H2,1-2H3. The zero-order chi connectivity index (χ0) is 10.4. The lowest BCUT2D eigenvalue weighted by atomic mass is 10.1. The summed E-state index contributed by atoms with van der Waals surface area (Å²) in [6.45, 7) is 4.25. The fourth-order valence-electron chi connectivity index (χ4n) is 1.53. The Hall–Kier alpha value is -0.450. The van der Waals surface area contributed by atoms with Crippen LogP contribution in [0.15, 0.2) is 5.51 Å². The molecule has 1 unspecified atom stereocenters. The van der Waals surface area contributed by atoms with Crippen LogP contribution in [-0.2, 0) is 0 Å². The maximum absolute atomic E-state index is 5.54. The van der Waals surface area contributed by atoms with Crippen molar-refractivity contribution >= 4 is 11.3 Å². The summed E-state index contributed by atoms with van der Waals surface area (Å²) in [4.78, 5) is 5.52. The number of hydrogen-bond donors (Lipinski definition) is 2. The quantitative estimate of drug-likeness (QED) is 0.434. The maximum atomic E-state index is 5.54. The lowest BCUT2D eigenvalue weighted by Crippen LogP contribution is -2.27. The molecule has 0 amide bonds. The van der Waals surface area contributed by atoms with Crippen LogP contribution in [0.4, 0.5) is 0 Å². The van der Waals surface area contributed by atoms with Crippen molar-refractivity contribution in [3.8, 4) is 0 Å². The third-order valence-corrected chi connectivity index (χ3v) is 3.44. The molecule has 0 saturated carbocycles. The second-order valence-corrected chi connectivity index (χ2v) is 4.40. The topological polar surface area (TPSA) is 50.9 Å². The van der Waals surface area contributed by atoms with Gasteiger partial charge in [0.2, 0.25) is 0 Å². The number of nitrogens with one attached hydrogen (secondary N) is 1. The van der Waals surface area contributed by atoms with Gasteiger partial charge in [0.25, 0.3) is 0 Å². The molecular weight excluding hydrogens is 194 g/mol. The van der Waals surface area contributed by atoms with Crippen LogP contribution in [0.3, 0.4) is 0 Å². The zero-order valence-corrected chi connectivity index (χ0v) is 9.73. The molecule has 14 heavy (non-hydrogen) atoms. The Kier molecular flexibility index (Phi) is 5.07. The van der Waals surface area contributed by atoms with Gasteiger partial charge in [-0.3, -0.25) is 11.3 Å². The van der Waals surface area contributed by atoms with Crippen molar-refractivity contribution in [1.82, 2.24) is 10.4 Å². The van der Waals surface area contributed by atoms with Gasteiger partial charge in [-0.25, -0.2) is 4.98 Å². The second kappa shape index (κ2) is 6.11. The van der Waals surface area contributed by atoms with Crippen molar-refractivity contribution in [1.29, 1.82) is 0 Å². The van der Waals surface area contributed by atoms with Crippen molar-refractivity contribution in [2.45, 2.75) is 45.6 Å². The Balaban J connectivity index is 2.50. The van der Waals surface area contributed by atoms with Crippen molar-refractivity contribution in [3.63, 3.8) is 0 Å². The highest BCUT2D eigenvalue weighted by molar-refractivity contribution is 7.09. The number of nitrogens with zero attached hydrogens (tertiary/aromatic N) is 1. The van der Waals surface area contributed by atoms with Gasteiger partial charge in [0.05, 0.1) is 17.2 Å². The van der Waals surface area contributed by atoms with Crippen molar-refractivity contribution in [3.05, 3.63) is 16.1 Å². The van der Waals surface area contributed by atoms with Gasteiger partial charge < -0.3 is 0 Å². The van der Waals surface area contributed by atoms with E-state index in [1.54, 1.807) is 11.3 Å². The lowest BCUT2D eigenvalue weighted by Gasteiger charge is -2.14. The highest BCUT2D eigenvalue weighted by atomic mass is 32.1. The second-order valence-electron chi connectivity index (χ2n) is 3.52. The minimum absolute atomic E-state index is 0.286. The van der Waals surface area contributed by atoms with Gasteiger partial charge in [0.15, 0.2) is 0 Å². The largest absolute Gasteiger partial charge is 0.271 e. The van der Waals surface area contributed by atoms with Gasteiger partial charge in [0, 0.05) is 4.88 Å². The van der Waals surface area contributed by atoms with Gasteiger partial charge in [-0.05, 0) is 13.3 Å². The van der Waals surface area contributed by atoms with Crippen LogP contribution in [0.1, 0.15) is 49.2 Å². The minimum atomic E-state index is 0.286. The van der Waals surface area contributed by atoms with E-state index >= 15 is 0 Å². The summed E-state index contributed by atoms with van der Waals surface area (Å²) in [6, 6.07) is 0.286. The van der Waals surface area contributed by atoms with Crippen LogP contribution in [-0.4, -0.2) is 4.98 Å². The van der Waals surface area contributed by atoms with E-state index in [1.807, 2.05) is 12.4 Å². The van der Waals surface area contributed by atoms with Crippen molar-refractivity contribution in [2.24, 2.45) is 5.84 Å². The van der Waals surface area contributed by atoms with E-state index in [9.17, 15) is 0 Å². The normalized spacial score (nSPS) is 13.1. The Morgan fingerprint density at radius 2 is 2.36 bits per heavy atom. The molecule has 4 heteroatoms. The lowest BCUT2D eigenvalue weighted by molar-refractivity contribution is 0.491. The molecule has 0 aliphatic carbocycles. The van der Waals surface area contributed by atoms with Crippen LogP contribution < -0.4 is 11.3 Å². The van der Waals surface area contributed by atoms with E-state index in [-0.39, 0.29) is 6.04 Å². The SMILES string of the molecule is CCCCCC(NN)c1scnc1C. The molecule has 0 aliphatic rings.